The average molecular weight is 226 g/mol. The molecular formula is C14H14N2O. The normalized spacial score (nSPS) is 10.9. The second kappa shape index (κ2) is 4.78. The van der Waals surface area contributed by atoms with E-state index in [9.17, 15) is 4.79 Å². The second-order valence-corrected chi connectivity index (χ2v) is 3.95. The molecule has 0 amide bonds. The third-order valence-electron chi connectivity index (χ3n) is 2.57. The molecule has 0 atom stereocenters. The number of rotatable bonds is 3. The Kier molecular flexibility index (Phi) is 3.19. The SMILES string of the molecule is Cc1cccc(C(=O)/C=C/c2ccnn2C)c1. The Hall–Kier alpha value is -2.16. The van der Waals surface area contributed by atoms with Crippen molar-refractivity contribution in [2.24, 2.45) is 7.05 Å². The topological polar surface area (TPSA) is 34.9 Å². The predicted octanol–water partition coefficient (Wildman–Crippen LogP) is 2.62. The summed E-state index contributed by atoms with van der Waals surface area (Å²) in [6.07, 6.45) is 5.06. The zero-order valence-electron chi connectivity index (χ0n) is 9.92. The predicted molar refractivity (Wildman–Crippen MR) is 67.8 cm³/mol. The fraction of sp³-hybridized carbons (Fsp3) is 0.143. The van der Waals surface area contributed by atoms with Gasteiger partial charge in [-0.25, -0.2) is 0 Å². The Morgan fingerprint density at radius 3 is 2.82 bits per heavy atom. The molecule has 0 unspecified atom stereocenters. The van der Waals surface area contributed by atoms with Gasteiger partial charge in [0.05, 0.1) is 5.69 Å². The molecule has 0 radical (unpaired) electrons. The molecular weight excluding hydrogens is 212 g/mol. The molecule has 0 aliphatic carbocycles. The molecule has 0 N–H and O–H groups in total. The number of carbonyl (C=O) groups is 1. The zero-order chi connectivity index (χ0) is 12.3. The Morgan fingerprint density at radius 2 is 2.18 bits per heavy atom. The van der Waals surface area contributed by atoms with Gasteiger partial charge in [0.2, 0.25) is 0 Å². The van der Waals surface area contributed by atoms with Crippen LogP contribution in [0.15, 0.2) is 42.6 Å². The fourth-order valence-corrected chi connectivity index (χ4v) is 1.60. The highest BCUT2D eigenvalue weighted by Gasteiger charge is 2.01. The second-order valence-electron chi connectivity index (χ2n) is 3.95. The summed E-state index contributed by atoms with van der Waals surface area (Å²) in [5.74, 6) is 0.00917. The van der Waals surface area contributed by atoms with E-state index in [-0.39, 0.29) is 5.78 Å². The highest BCUT2D eigenvalue weighted by Crippen LogP contribution is 2.07. The molecule has 0 saturated carbocycles. The third kappa shape index (κ3) is 2.69. The Bertz CT molecular complexity index is 567. The van der Waals surface area contributed by atoms with Crippen LogP contribution in [0.25, 0.3) is 6.08 Å². The maximum Gasteiger partial charge on any atom is 0.185 e. The minimum Gasteiger partial charge on any atom is -0.289 e. The number of aromatic nitrogens is 2. The minimum atomic E-state index is 0.00917. The molecule has 0 bridgehead atoms. The van der Waals surface area contributed by atoms with Gasteiger partial charge in [-0.1, -0.05) is 23.8 Å². The molecule has 2 aromatic rings. The van der Waals surface area contributed by atoms with E-state index in [4.69, 9.17) is 0 Å². The number of aryl methyl sites for hydroxylation is 2. The first kappa shape index (κ1) is 11.3. The van der Waals surface area contributed by atoms with Crippen LogP contribution in [0.5, 0.6) is 0 Å². The van der Waals surface area contributed by atoms with Gasteiger partial charge in [-0.05, 0) is 31.2 Å². The van der Waals surface area contributed by atoms with Gasteiger partial charge in [-0.15, -0.1) is 0 Å². The van der Waals surface area contributed by atoms with Crippen LogP contribution in [0.1, 0.15) is 21.6 Å². The van der Waals surface area contributed by atoms with E-state index in [1.165, 1.54) is 0 Å². The third-order valence-corrected chi connectivity index (χ3v) is 2.57. The number of ketones is 1. The molecule has 1 aromatic carbocycles. The number of allylic oxidation sites excluding steroid dienone is 1. The molecule has 0 spiro atoms. The first-order chi connectivity index (χ1) is 8.16. The van der Waals surface area contributed by atoms with Crippen molar-refractivity contribution < 1.29 is 4.79 Å². The van der Waals surface area contributed by atoms with Crippen molar-refractivity contribution in [2.45, 2.75) is 6.92 Å². The molecule has 1 aromatic heterocycles. The zero-order valence-corrected chi connectivity index (χ0v) is 9.92. The first-order valence-electron chi connectivity index (χ1n) is 5.44. The van der Waals surface area contributed by atoms with Gasteiger partial charge in [0, 0.05) is 18.8 Å². The van der Waals surface area contributed by atoms with E-state index in [0.717, 1.165) is 11.3 Å². The lowest BCUT2D eigenvalue weighted by atomic mass is 10.1. The Balaban J connectivity index is 2.17. The van der Waals surface area contributed by atoms with Gasteiger partial charge in [0.1, 0.15) is 0 Å². The lowest BCUT2D eigenvalue weighted by Gasteiger charge is -1.97. The van der Waals surface area contributed by atoms with Crippen molar-refractivity contribution in [3.63, 3.8) is 0 Å². The number of hydrogen-bond donors (Lipinski definition) is 0. The van der Waals surface area contributed by atoms with Gasteiger partial charge in [-0.3, -0.25) is 9.48 Å². The summed E-state index contributed by atoms with van der Waals surface area (Å²) in [5, 5.41) is 4.04. The molecule has 3 nitrogen and oxygen atoms in total. The van der Waals surface area contributed by atoms with E-state index in [1.807, 2.05) is 44.3 Å². The monoisotopic (exact) mass is 226 g/mol. The molecule has 3 heteroatoms. The van der Waals surface area contributed by atoms with Gasteiger partial charge in [-0.2, -0.15) is 5.10 Å². The highest BCUT2D eigenvalue weighted by atomic mass is 16.1. The lowest BCUT2D eigenvalue weighted by molar-refractivity contribution is 0.104. The summed E-state index contributed by atoms with van der Waals surface area (Å²) in [6.45, 7) is 1.97. The van der Waals surface area contributed by atoms with E-state index in [1.54, 1.807) is 23.0 Å². The molecule has 86 valence electrons. The standard InChI is InChI=1S/C14H14N2O/c1-11-4-3-5-12(10-11)14(17)7-6-13-8-9-15-16(13)2/h3-10H,1-2H3/b7-6+. The van der Waals surface area contributed by atoms with E-state index >= 15 is 0 Å². The van der Waals surface area contributed by atoms with Crippen molar-refractivity contribution in [1.29, 1.82) is 0 Å². The van der Waals surface area contributed by atoms with Crippen LogP contribution in [0.2, 0.25) is 0 Å². The van der Waals surface area contributed by atoms with Crippen LogP contribution >= 0.6 is 0 Å². The van der Waals surface area contributed by atoms with Crippen molar-refractivity contribution in [1.82, 2.24) is 9.78 Å². The molecule has 1 heterocycles. The fourth-order valence-electron chi connectivity index (χ4n) is 1.60. The molecule has 0 saturated heterocycles. The first-order valence-corrected chi connectivity index (χ1v) is 5.44. The summed E-state index contributed by atoms with van der Waals surface area (Å²) in [6, 6.07) is 9.43. The molecule has 0 fully saturated rings. The highest BCUT2D eigenvalue weighted by molar-refractivity contribution is 6.06. The van der Waals surface area contributed by atoms with E-state index < -0.39 is 0 Å². The van der Waals surface area contributed by atoms with Crippen LogP contribution in [-0.2, 0) is 7.05 Å². The van der Waals surface area contributed by atoms with E-state index in [0.29, 0.717) is 5.56 Å². The van der Waals surface area contributed by atoms with Crippen LogP contribution in [-0.4, -0.2) is 15.6 Å². The summed E-state index contributed by atoms with van der Waals surface area (Å²) in [7, 11) is 1.84. The number of benzene rings is 1. The van der Waals surface area contributed by atoms with Crippen molar-refractivity contribution in [2.75, 3.05) is 0 Å². The van der Waals surface area contributed by atoms with Gasteiger partial charge in [0.25, 0.3) is 0 Å². The molecule has 2 rings (SSSR count). The molecule has 17 heavy (non-hydrogen) atoms. The van der Waals surface area contributed by atoms with Gasteiger partial charge >= 0.3 is 0 Å². The number of hydrogen-bond acceptors (Lipinski definition) is 2. The smallest absolute Gasteiger partial charge is 0.185 e. The summed E-state index contributed by atoms with van der Waals surface area (Å²) < 4.78 is 1.72. The van der Waals surface area contributed by atoms with Crippen molar-refractivity contribution in [3.8, 4) is 0 Å². The maximum absolute atomic E-state index is 11.9. The van der Waals surface area contributed by atoms with Crippen molar-refractivity contribution in [3.05, 3.63) is 59.4 Å². The lowest BCUT2D eigenvalue weighted by Crippen LogP contribution is -1.96. The van der Waals surface area contributed by atoms with Crippen molar-refractivity contribution >= 4 is 11.9 Å². The van der Waals surface area contributed by atoms with Crippen LogP contribution < -0.4 is 0 Å². The summed E-state index contributed by atoms with van der Waals surface area (Å²) in [5.41, 5.74) is 2.71. The quantitative estimate of drug-likeness (QED) is 0.595. The molecule has 0 aliphatic rings. The summed E-state index contributed by atoms with van der Waals surface area (Å²) in [4.78, 5) is 11.9. The Morgan fingerprint density at radius 1 is 1.35 bits per heavy atom. The van der Waals surface area contributed by atoms with Crippen LogP contribution in [0.3, 0.4) is 0 Å². The van der Waals surface area contributed by atoms with Crippen LogP contribution in [0.4, 0.5) is 0 Å². The molecule has 0 aliphatic heterocycles. The van der Waals surface area contributed by atoms with E-state index in [2.05, 4.69) is 5.10 Å². The van der Waals surface area contributed by atoms with Gasteiger partial charge in [0.15, 0.2) is 5.78 Å². The number of carbonyl (C=O) groups excluding carboxylic acids is 1. The summed E-state index contributed by atoms with van der Waals surface area (Å²) >= 11 is 0. The number of nitrogens with zero attached hydrogens (tertiary/aromatic N) is 2. The van der Waals surface area contributed by atoms with Gasteiger partial charge < -0.3 is 0 Å². The Labute approximate surface area is 100 Å². The van der Waals surface area contributed by atoms with Crippen LogP contribution in [0, 0.1) is 6.92 Å². The largest absolute Gasteiger partial charge is 0.289 e. The average Bonchev–Trinajstić information content (AvgIpc) is 2.72. The minimum absolute atomic E-state index is 0.00917. The maximum atomic E-state index is 11.9.